The molecule has 0 fully saturated rings. The fourth-order valence-corrected chi connectivity index (χ4v) is 4.92. The number of rotatable bonds is 6. The highest BCUT2D eigenvalue weighted by Crippen LogP contribution is 2.40. The van der Waals surface area contributed by atoms with E-state index in [4.69, 9.17) is 9.47 Å². The standard InChI is InChI=1S/C23H27NO5S/c1-5-28-23(27)20-17-9-6-13(2)10-18(17)30-21(20)24-19(25)12-29-22(26)16-8-7-14(3)15(4)11-16/h7-8,11,13H,5-6,9-10,12H2,1-4H3,(H,24,25). The van der Waals surface area contributed by atoms with Gasteiger partial charge in [0.25, 0.3) is 5.91 Å². The van der Waals surface area contributed by atoms with Crippen molar-refractivity contribution in [3.8, 4) is 0 Å². The fraction of sp³-hybridized carbons (Fsp3) is 0.435. The Bertz CT molecular complexity index is 978. The summed E-state index contributed by atoms with van der Waals surface area (Å²) < 4.78 is 10.4. The zero-order chi connectivity index (χ0) is 21.8. The lowest BCUT2D eigenvalue weighted by atomic mass is 9.88. The number of hydrogen-bond acceptors (Lipinski definition) is 6. The highest BCUT2D eigenvalue weighted by Gasteiger charge is 2.29. The SMILES string of the molecule is CCOC(=O)c1c(NC(=O)COC(=O)c2ccc(C)c(C)c2)sc2c1CCC(C)C2. The predicted molar refractivity (Wildman–Crippen MR) is 116 cm³/mol. The average molecular weight is 430 g/mol. The van der Waals surface area contributed by atoms with Crippen LogP contribution < -0.4 is 5.32 Å². The topological polar surface area (TPSA) is 81.7 Å². The molecule has 1 N–H and O–H groups in total. The van der Waals surface area contributed by atoms with Crippen molar-refractivity contribution in [3.63, 3.8) is 0 Å². The monoisotopic (exact) mass is 429 g/mol. The maximum Gasteiger partial charge on any atom is 0.341 e. The van der Waals surface area contributed by atoms with E-state index >= 15 is 0 Å². The van der Waals surface area contributed by atoms with Gasteiger partial charge in [0.2, 0.25) is 0 Å². The van der Waals surface area contributed by atoms with Crippen molar-refractivity contribution >= 4 is 34.2 Å². The van der Waals surface area contributed by atoms with Crippen molar-refractivity contribution in [1.29, 1.82) is 0 Å². The van der Waals surface area contributed by atoms with Gasteiger partial charge in [-0.1, -0.05) is 13.0 Å². The quantitative estimate of drug-likeness (QED) is 0.686. The Morgan fingerprint density at radius 1 is 1.13 bits per heavy atom. The number of anilines is 1. The van der Waals surface area contributed by atoms with E-state index in [1.165, 1.54) is 11.3 Å². The largest absolute Gasteiger partial charge is 0.462 e. The predicted octanol–water partition coefficient (Wildman–Crippen LogP) is 4.46. The fourth-order valence-electron chi connectivity index (χ4n) is 3.50. The first kappa shape index (κ1) is 22.0. The van der Waals surface area contributed by atoms with Crippen LogP contribution in [-0.4, -0.2) is 31.1 Å². The third-order valence-corrected chi connectivity index (χ3v) is 6.49. The van der Waals surface area contributed by atoms with E-state index in [9.17, 15) is 14.4 Å². The third-order valence-electron chi connectivity index (χ3n) is 5.32. The first-order valence-corrected chi connectivity index (χ1v) is 11.0. The third kappa shape index (κ3) is 4.90. The van der Waals surface area contributed by atoms with Crippen molar-refractivity contribution < 1.29 is 23.9 Å². The molecular weight excluding hydrogens is 402 g/mol. The Kier molecular flexibility index (Phi) is 6.92. The molecule has 6 nitrogen and oxygen atoms in total. The van der Waals surface area contributed by atoms with Gasteiger partial charge in [0, 0.05) is 4.88 Å². The van der Waals surface area contributed by atoms with E-state index in [-0.39, 0.29) is 6.61 Å². The van der Waals surface area contributed by atoms with Crippen LogP contribution >= 0.6 is 11.3 Å². The summed E-state index contributed by atoms with van der Waals surface area (Å²) in [5.41, 5.74) is 3.87. The molecule has 3 rings (SSSR count). The molecule has 0 bridgehead atoms. The van der Waals surface area contributed by atoms with Gasteiger partial charge in [-0.2, -0.15) is 0 Å². The second-order valence-electron chi connectivity index (χ2n) is 7.70. The lowest BCUT2D eigenvalue weighted by molar-refractivity contribution is -0.119. The molecule has 1 aromatic heterocycles. The van der Waals surface area contributed by atoms with Gasteiger partial charge in [-0.15, -0.1) is 11.3 Å². The first-order chi connectivity index (χ1) is 14.3. The van der Waals surface area contributed by atoms with Gasteiger partial charge in [-0.3, -0.25) is 4.79 Å². The summed E-state index contributed by atoms with van der Waals surface area (Å²) in [6.07, 6.45) is 2.67. The molecule has 1 heterocycles. The summed E-state index contributed by atoms with van der Waals surface area (Å²) >= 11 is 1.41. The summed E-state index contributed by atoms with van der Waals surface area (Å²) in [6, 6.07) is 5.26. The minimum absolute atomic E-state index is 0.265. The van der Waals surface area contributed by atoms with E-state index in [2.05, 4.69) is 12.2 Å². The van der Waals surface area contributed by atoms with Crippen molar-refractivity contribution in [2.24, 2.45) is 5.92 Å². The van der Waals surface area contributed by atoms with Gasteiger partial charge in [-0.05, 0) is 74.8 Å². The molecule has 160 valence electrons. The molecule has 0 radical (unpaired) electrons. The van der Waals surface area contributed by atoms with Crippen molar-refractivity contribution in [1.82, 2.24) is 0 Å². The van der Waals surface area contributed by atoms with Crippen LogP contribution in [0.2, 0.25) is 0 Å². The van der Waals surface area contributed by atoms with Gasteiger partial charge in [0.1, 0.15) is 5.00 Å². The molecule has 7 heteroatoms. The summed E-state index contributed by atoms with van der Waals surface area (Å²) in [7, 11) is 0. The normalized spacial score (nSPS) is 15.3. The highest BCUT2D eigenvalue weighted by atomic mass is 32.1. The van der Waals surface area contributed by atoms with Gasteiger partial charge in [-0.25, -0.2) is 9.59 Å². The molecule has 0 spiro atoms. The molecule has 1 aliphatic carbocycles. The number of hydrogen-bond donors (Lipinski definition) is 1. The Labute approximate surface area is 180 Å². The molecule has 2 aromatic rings. The van der Waals surface area contributed by atoms with Crippen LogP contribution in [0.5, 0.6) is 0 Å². The minimum Gasteiger partial charge on any atom is -0.462 e. The Morgan fingerprint density at radius 3 is 2.60 bits per heavy atom. The number of carbonyl (C=O) groups excluding carboxylic acids is 3. The van der Waals surface area contributed by atoms with Crippen LogP contribution in [-0.2, 0) is 27.1 Å². The van der Waals surface area contributed by atoms with E-state index in [1.54, 1.807) is 19.1 Å². The maximum absolute atomic E-state index is 12.5. The summed E-state index contributed by atoms with van der Waals surface area (Å²) in [6.45, 7) is 7.64. The number of esters is 2. The van der Waals surface area contributed by atoms with E-state index < -0.39 is 24.5 Å². The van der Waals surface area contributed by atoms with Crippen LogP contribution in [0.25, 0.3) is 0 Å². The molecule has 0 saturated carbocycles. The van der Waals surface area contributed by atoms with Crippen LogP contribution in [0.1, 0.15) is 62.6 Å². The van der Waals surface area contributed by atoms with Gasteiger partial charge in [0.05, 0.1) is 17.7 Å². The zero-order valence-corrected chi connectivity index (χ0v) is 18.6. The second kappa shape index (κ2) is 9.43. The van der Waals surface area contributed by atoms with Crippen LogP contribution in [0, 0.1) is 19.8 Å². The van der Waals surface area contributed by atoms with Gasteiger partial charge >= 0.3 is 11.9 Å². The number of fused-ring (bicyclic) bond motifs is 1. The Balaban J connectivity index is 1.70. The molecule has 1 aliphatic rings. The Hall–Kier alpha value is -2.67. The van der Waals surface area contributed by atoms with E-state index in [1.807, 2.05) is 19.9 Å². The van der Waals surface area contributed by atoms with Gasteiger partial charge < -0.3 is 14.8 Å². The van der Waals surface area contributed by atoms with E-state index in [0.29, 0.717) is 22.0 Å². The molecule has 30 heavy (non-hydrogen) atoms. The van der Waals surface area contributed by atoms with Gasteiger partial charge in [0.15, 0.2) is 6.61 Å². The zero-order valence-electron chi connectivity index (χ0n) is 17.8. The smallest absolute Gasteiger partial charge is 0.341 e. The lowest BCUT2D eigenvalue weighted by Gasteiger charge is -2.18. The van der Waals surface area contributed by atoms with Crippen LogP contribution in [0.4, 0.5) is 5.00 Å². The molecule has 1 aromatic carbocycles. The number of ether oxygens (including phenoxy) is 2. The second-order valence-corrected chi connectivity index (χ2v) is 8.80. The number of benzene rings is 1. The number of amides is 1. The van der Waals surface area contributed by atoms with Crippen LogP contribution in [0.3, 0.4) is 0 Å². The number of nitrogens with one attached hydrogen (secondary N) is 1. The number of carbonyl (C=O) groups is 3. The van der Waals surface area contributed by atoms with Crippen molar-refractivity contribution in [3.05, 3.63) is 50.9 Å². The molecule has 1 unspecified atom stereocenters. The Morgan fingerprint density at radius 2 is 1.90 bits per heavy atom. The first-order valence-electron chi connectivity index (χ1n) is 10.2. The minimum atomic E-state index is -0.557. The molecule has 0 saturated heterocycles. The van der Waals surface area contributed by atoms with Crippen molar-refractivity contribution in [2.75, 3.05) is 18.5 Å². The summed E-state index contributed by atoms with van der Waals surface area (Å²) in [5.74, 6) is -0.928. The lowest BCUT2D eigenvalue weighted by Crippen LogP contribution is -2.22. The number of aryl methyl sites for hydroxylation is 2. The number of thiophene rings is 1. The van der Waals surface area contributed by atoms with Crippen molar-refractivity contribution in [2.45, 2.75) is 47.0 Å². The highest BCUT2D eigenvalue weighted by molar-refractivity contribution is 7.17. The van der Waals surface area contributed by atoms with E-state index in [0.717, 1.165) is 40.8 Å². The molecular formula is C23H27NO5S. The molecule has 0 aliphatic heterocycles. The maximum atomic E-state index is 12.5. The molecule has 1 amide bonds. The average Bonchev–Trinajstić information content (AvgIpc) is 3.05. The summed E-state index contributed by atoms with van der Waals surface area (Å²) in [5, 5.41) is 3.22. The summed E-state index contributed by atoms with van der Waals surface area (Å²) in [4.78, 5) is 38.3. The van der Waals surface area contributed by atoms with Crippen LogP contribution in [0.15, 0.2) is 18.2 Å². The molecule has 1 atom stereocenters.